The van der Waals surface area contributed by atoms with Crippen molar-refractivity contribution in [3.8, 4) is 28.2 Å². The first kappa shape index (κ1) is 12.3. The second-order valence-electron chi connectivity index (χ2n) is 4.41. The van der Waals surface area contributed by atoms with Crippen molar-refractivity contribution in [1.82, 2.24) is 15.4 Å². The highest BCUT2D eigenvalue weighted by atomic mass is 16.5. The molecule has 0 fully saturated rings. The van der Waals surface area contributed by atoms with Gasteiger partial charge in [-0.2, -0.15) is 5.10 Å². The molecule has 0 aliphatic rings. The zero-order chi connectivity index (χ0) is 14.1. The molecule has 2 heterocycles. The van der Waals surface area contributed by atoms with Crippen LogP contribution < -0.4 is 10.5 Å². The summed E-state index contributed by atoms with van der Waals surface area (Å²) in [5, 5.41) is 10.7. The molecule has 0 saturated carbocycles. The minimum absolute atomic E-state index is 0.353. The molecule has 0 atom stereocenters. The molecule has 3 aromatic rings. The Balaban J connectivity index is 2.13. The largest absolute Gasteiger partial charge is 0.497 e. The average Bonchev–Trinajstić information content (AvgIpc) is 3.05. The van der Waals surface area contributed by atoms with E-state index < -0.39 is 0 Å². The number of rotatable bonds is 3. The number of aromatic amines is 1. The lowest BCUT2D eigenvalue weighted by Gasteiger charge is -2.04. The summed E-state index contributed by atoms with van der Waals surface area (Å²) in [6.45, 7) is 1.92. The van der Waals surface area contributed by atoms with Crippen LogP contribution in [-0.2, 0) is 0 Å². The topological polar surface area (TPSA) is 90.0 Å². The summed E-state index contributed by atoms with van der Waals surface area (Å²) in [4.78, 5) is 0. The molecule has 0 unspecified atom stereocenters. The summed E-state index contributed by atoms with van der Waals surface area (Å²) in [5.41, 5.74) is 9.36. The number of aromatic nitrogens is 3. The Kier molecular flexibility index (Phi) is 2.90. The van der Waals surface area contributed by atoms with Gasteiger partial charge < -0.3 is 15.0 Å². The molecule has 0 spiro atoms. The SMILES string of the molecule is COc1ccc(-c2c(N)noc2-c2cn[nH]c2C)cc1. The number of nitrogens with two attached hydrogens (primary N) is 1. The van der Waals surface area contributed by atoms with Gasteiger partial charge in [0.25, 0.3) is 0 Å². The van der Waals surface area contributed by atoms with Crippen molar-refractivity contribution in [2.24, 2.45) is 0 Å². The van der Waals surface area contributed by atoms with Gasteiger partial charge in [-0.05, 0) is 24.6 Å². The first-order valence-electron chi connectivity index (χ1n) is 6.10. The van der Waals surface area contributed by atoms with Crippen LogP contribution in [0.5, 0.6) is 5.75 Å². The highest BCUT2D eigenvalue weighted by Crippen LogP contribution is 2.37. The normalized spacial score (nSPS) is 10.7. The minimum atomic E-state index is 0.353. The van der Waals surface area contributed by atoms with E-state index in [1.807, 2.05) is 31.2 Å². The van der Waals surface area contributed by atoms with Gasteiger partial charge in [-0.3, -0.25) is 5.10 Å². The smallest absolute Gasteiger partial charge is 0.180 e. The minimum Gasteiger partial charge on any atom is -0.497 e. The van der Waals surface area contributed by atoms with Crippen LogP contribution in [-0.4, -0.2) is 22.5 Å². The maximum atomic E-state index is 5.93. The van der Waals surface area contributed by atoms with E-state index in [0.29, 0.717) is 11.6 Å². The van der Waals surface area contributed by atoms with Crippen molar-refractivity contribution < 1.29 is 9.26 Å². The lowest BCUT2D eigenvalue weighted by molar-refractivity contribution is 0.415. The summed E-state index contributed by atoms with van der Waals surface area (Å²) in [6, 6.07) is 7.57. The number of H-pyrrole nitrogens is 1. The van der Waals surface area contributed by atoms with Crippen LogP contribution in [0, 0.1) is 6.92 Å². The number of nitrogen functional groups attached to an aromatic ring is 1. The van der Waals surface area contributed by atoms with Crippen LogP contribution >= 0.6 is 0 Å². The molecule has 20 heavy (non-hydrogen) atoms. The Morgan fingerprint density at radius 2 is 2.00 bits per heavy atom. The van der Waals surface area contributed by atoms with Crippen molar-refractivity contribution in [2.75, 3.05) is 12.8 Å². The molecule has 0 amide bonds. The van der Waals surface area contributed by atoms with Crippen molar-refractivity contribution >= 4 is 5.82 Å². The second-order valence-corrected chi connectivity index (χ2v) is 4.41. The maximum absolute atomic E-state index is 5.93. The third-order valence-corrected chi connectivity index (χ3v) is 3.17. The Bertz CT molecular complexity index is 728. The zero-order valence-corrected chi connectivity index (χ0v) is 11.2. The Morgan fingerprint density at radius 3 is 2.60 bits per heavy atom. The van der Waals surface area contributed by atoms with Crippen LogP contribution in [0.1, 0.15) is 5.69 Å². The first-order valence-corrected chi connectivity index (χ1v) is 6.10. The molecule has 6 nitrogen and oxygen atoms in total. The summed E-state index contributed by atoms with van der Waals surface area (Å²) >= 11 is 0. The molecule has 3 rings (SSSR count). The lowest BCUT2D eigenvalue weighted by atomic mass is 10.0. The molecule has 0 radical (unpaired) electrons. The molecule has 0 bridgehead atoms. The molecule has 0 aliphatic heterocycles. The van der Waals surface area contributed by atoms with Crippen molar-refractivity contribution in [2.45, 2.75) is 6.92 Å². The monoisotopic (exact) mass is 270 g/mol. The van der Waals surface area contributed by atoms with Gasteiger partial charge in [-0.25, -0.2) is 0 Å². The fraction of sp³-hybridized carbons (Fsp3) is 0.143. The molecule has 2 aromatic heterocycles. The molecule has 3 N–H and O–H groups in total. The van der Waals surface area contributed by atoms with E-state index in [1.165, 1.54) is 0 Å². The lowest BCUT2D eigenvalue weighted by Crippen LogP contribution is -1.89. The van der Waals surface area contributed by atoms with Crippen LogP contribution in [0.4, 0.5) is 5.82 Å². The number of ether oxygens (including phenoxy) is 1. The van der Waals surface area contributed by atoms with E-state index in [1.54, 1.807) is 13.3 Å². The van der Waals surface area contributed by atoms with E-state index in [0.717, 1.165) is 28.1 Å². The van der Waals surface area contributed by atoms with Crippen LogP contribution in [0.3, 0.4) is 0 Å². The highest BCUT2D eigenvalue weighted by Gasteiger charge is 2.20. The third kappa shape index (κ3) is 1.91. The summed E-state index contributed by atoms with van der Waals surface area (Å²) < 4.78 is 10.5. The van der Waals surface area contributed by atoms with Crippen molar-refractivity contribution in [1.29, 1.82) is 0 Å². The predicted octanol–water partition coefficient (Wildman–Crippen LogP) is 2.63. The quantitative estimate of drug-likeness (QED) is 0.763. The van der Waals surface area contributed by atoms with E-state index in [4.69, 9.17) is 15.0 Å². The molecule has 0 saturated heterocycles. The van der Waals surface area contributed by atoms with Gasteiger partial charge in [0.1, 0.15) is 5.75 Å². The number of aryl methyl sites for hydroxylation is 1. The van der Waals surface area contributed by atoms with E-state index in [9.17, 15) is 0 Å². The number of nitrogens with one attached hydrogen (secondary N) is 1. The fourth-order valence-corrected chi connectivity index (χ4v) is 2.10. The third-order valence-electron chi connectivity index (χ3n) is 3.17. The van der Waals surface area contributed by atoms with Gasteiger partial charge in [0.15, 0.2) is 11.6 Å². The molecular weight excluding hydrogens is 256 g/mol. The van der Waals surface area contributed by atoms with Gasteiger partial charge >= 0.3 is 0 Å². The maximum Gasteiger partial charge on any atom is 0.180 e. The average molecular weight is 270 g/mol. The van der Waals surface area contributed by atoms with Crippen LogP contribution in [0.2, 0.25) is 0 Å². The number of hydrogen-bond acceptors (Lipinski definition) is 5. The van der Waals surface area contributed by atoms with Crippen LogP contribution in [0.25, 0.3) is 22.5 Å². The summed E-state index contributed by atoms with van der Waals surface area (Å²) in [7, 11) is 1.63. The number of methoxy groups -OCH3 is 1. The molecule has 1 aromatic carbocycles. The van der Waals surface area contributed by atoms with Crippen LogP contribution in [0.15, 0.2) is 35.0 Å². The van der Waals surface area contributed by atoms with E-state index >= 15 is 0 Å². The molecule has 102 valence electrons. The van der Waals surface area contributed by atoms with Gasteiger partial charge in [0, 0.05) is 5.69 Å². The highest BCUT2D eigenvalue weighted by molar-refractivity contribution is 5.87. The zero-order valence-electron chi connectivity index (χ0n) is 11.2. The summed E-state index contributed by atoms with van der Waals surface area (Å²) in [5.74, 6) is 1.74. The standard InChI is InChI=1S/C14H14N4O2/c1-8-11(7-16-17-8)13-12(14(15)18-20-13)9-3-5-10(19-2)6-4-9/h3-7H,1-2H3,(H2,15,18)(H,16,17). The van der Waals surface area contributed by atoms with Gasteiger partial charge in [-0.15, -0.1) is 0 Å². The fourth-order valence-electron chi connectivity index (χ4n) is 2.10. The van der Waals surface area contributed by atoms with E-state index in [-0.39, 0.29) is 0 Å². The summed E-state index contributed by atoms with van der Waals surface area (Å²) in [6.07, 6.45) is 1.70. The Morgan fingerprint density at radius 1 is 1.25 bits per heavy atom. The Labute approximate surface area is 115 Å². The molecule has 6 heteroatoms. The first-order chi connectivity index (χ1) is 9.70. The van der Waals surface area contributed by atoms with Gasteiger partial charge in [0.2, 0.25) is 0 Å². The van der Waals surface area contributed by atoms with Gasteiger partial charge in [-0.1, -0.05) is 17.3 Å². The predicted molar refractivity (Wildman–Crippen MR) is 75.2 cm³/mol. The van der Waals surface area contributed by atoms with Crippen molar-refractivity contribution in [3.63, 3.8) is 0 Å². The number of anilines is 1. The molecular formula is C14H14N4O2. The van der Waals surface area contributed by atoms with Gasteiger partial charge in [0.05, 0.1) is 24.4 Å². The second kappa shape index (κ2) is 4.73. The van der Waals surface area contributed by atoms with E-state index in [2.05, 4.69) is 15.4 Å². The number of nitrogens with zero attached hydrogens (tertiary/aromatic N) is 2. The Hall–Kier alpha value is -2.76. The van der Waals surface area contributed by atoms with Crippen molar-refractivity contribution in [3.05, 3.63) is 36.2 Å². The number of benzene rings is 1. The number of hydrogen-bond donors (Lipinski definition) is 2. The molecule has 0 aliphatic carbocycles.